The van der Waals surface area contributed by atoms with Gasteiger partial charge in [0, 0.05) is 17.1 Å². The van der Waals surface area contributed by atoms with Gasteiger partial charge in [-0.25, -0.2) is 0 Å². The molecule has 0 aliphatic rings. The van der Waals surface area contributed by atoms with Gasteiger partial charge >= 0.3 is 0 Å². The van der Waals surface area contributed by atoms with Crippen molar-refractivity contribution < 1.29 is 4.79 Å². The summed E-state index contributed by atoms with van der Waals surface area (Å²) in [5.41, 5.74) is 3.31. The highest BCUT2D eigenvalue weighted by atomic mass is 16.1. The van der Waals surface area contributed by atoms with Gasteiger partial charge in [-0.2, -0.15) is 0 Å². The van der Waals surface area contributed by atoms with Crippen LogP contribution in [0.2, 0.25) is 0 Å². The van der Waals surface area contributed by atoms with Crippen molar-refractivity contribution >= 4 is 22.5 Å². The Labute approximate surface area is 130 Å². The molecule has 0 saturated heterocycles. The molecule has 0 aliphatic heterocycles. The third-order valence-corrected chi connectivity index (χ3v) is 3.71. The van der Waals surface area contributed by atoms with E-state index in [0.29, 0.717) is 11.5 Å². The summed E-state index contributed by atoms with van der Waals surface area (Å²) in [4.78, 5) is 17.0. The SMILES string of the molecule is CC(C)c1ccccc1C(=O)Nc1cccc2cccnc12. The van der Waals surface area contributed by atoms with E-state index in [-0.39, 0.29) is 5.91 Å². The quantitative estimate of drug-likeness (QED) is 0.765. The van der Waals surface area contributed by atoms with Gasteiger partial charge in [0.1, 0.15) is 0 Å². The Morgan fingerprint density at radius 1 is 1.00 bits per heavy atom. The summed E-state index contributed by atoms with van der Waals surface area (Å²) in [7, 11) is 0. The van der Waals surface area contributed by atoms with Crippen LogP contribution in [-0.2, 0) is 0 Å². The molecule has 0 fully saturated rings. The second kappa shape index (κ2) is 5.98. The predicted octanol–water partition coefficient (Wildman–Crippen LogP) is 4.61. The van der Waals surface area contributed by atoms with Crippen LogP contribution in [0.5, 0.6) is 0 Å². The van der Waals surface area contributed by atoms with Crippen molar-refractivity contribution in [2.75, 3.05) is 5.32 Å². The first-order valence-electron chi connectivity index (χ1n) is 7.41. The van der Waals surface area contributed by atoms with Crippen molar-refractivity contribution in [3.05, 3.63) is 71.9 Å². The number of hydrogen-bond acceptors (Lipinski definition) is 2. The molecule has 3 rings (SSSR count). The zero-order chi connectivity index (χ0) is 15.5. The van der Waals surface area contributed by atoms with E-state index in [1.807, 2.05) is 54.6 Å². The van der Waals surface area contributed by atoms with E-state index in [2.05, 4.69) is 24.1 Å². The van der Waals surface area contributed by atoms with Crippen LogP contribution in [0.1, 0.15) is 35.7 Å². The molecule has 1 amide bonds. The lowest BCUT2D eigenvalue weighted by Gasteiger charge is -2.13. The molecule has 3 aromatic rings. The minimum atomic E-state index is -0.0950. The van der Waals surface area contributed by atoms with Crippen molar-refractivity contribution in [2.24, 2.45) is 0 Å². The normalized spacial score (nSPS) is 10.9. The number of rotatable bonds is 3. The minimum absolute atomic E-state index is 0.0950. The van der Waals surface area contributed by atoms with Crippen LogP contribution in [0.15, 0.2) is 60.8 Å². The molecule has 2 aromatic carbocycles. The van der Waals surface area contributed by atoms with Crippen molar-refractivity contribution in [3.63, 3.8) is 0 Å². The van der Waals surface area contributed by atoms with Gasteiger partial charge in [-0.3, -0.25) is 9.78 Å². The highest BCUT2D eigenvalue weighted by Gasteiger charge is 2.14. The van der Waals surface area contributed by atoms with Crippen LogP contribution >= 0.6 is 0 Å². The summed E-state index contributed by atoms with van der Waals surface area (Å²) < 4.78 is 0. The van der Waals surface area contributed by atoms with Crippen molar-refractivity contribution in [3.8, 4) is 0 Å². The fourth-order valence-electron chi connectivity index (χ4n) is 2.60. The largest absolute Gasteiger partial charge is 0.320 e. The maximum atomic E-state index is 12.6. The van der Waals surface area contributed by atoms with E-state index >= 15 is 0 Å². The molecular weight excluding hydrogens is 272 g/mol. The third-order valence-electron chi connectivity index (χ3n) is 3.71. The van der Waals surface area contributed by atoms with Crippen LogP contribution in [0.3, 0.4) is 0 Å². The Balaban J connectivity index is 1.98. The van der Waals surface area contributed by atoms with Gasteiger partial charge in [0.25, 0.3) is 5.91 Å². The molecule has 1 N–H and O–H groups in total. The van der Waals surface area contributed by atoms with Gasteiger partial charge < -0.3 is 5.32 Å². The van der Waals surface area contributed by atoms with Crippen LogP contribution in [-0.4, -0.2) is 10.9 Å². The Bertz CT molecular complexity index is 819. The second-order valence-corrected chi connectivity index (χ2v) is 5.58. The van der Waals surface area contributed by atoms with E-state index in [4.69, 9.17) is 0 Å². The fourth-order valence-corrected chi connectivity index (χ4v) is 2.60. The average molecular weight is 290 g/mol. The minimum Gasteiger partial charge on any atom is -0.320 e. The molecule has 0 bridgehead atoms. The second-order valence-electron chi connectivity index (χ2n) is 5.58. The molecule has 1 aromatic heterocycles. The number of amides is 1. The van der Waals surface area contributed by atoms with Crippen LogP contribution < -0.4 is 5.32 Å². The summed E-state index contributed by atoms with van der Waals surface area (Å²) in [6, 6.07) is 17.4. The molecule has 0 atom stereocenters. The number of pyridine rings is 1. The maximum Gasteiger partial charge on any atom is 0.256 e. The first-order chi connectivity index (χ1) is 10.7. The van der Waals surface area contributed by atoms with E-state index in [1.165, 1.54) is 0 Å². The standard InChI is InChI=1S/C19H18N2O/c1-13(2)15-9-3-4-10-16(15)19(22)21-17-11-5-7-14-8-6-12-20-18(14)17/h3-13H,1-2H3,(H,21,22). The lowest BCUT2D eigenvalue weighted by atomic mass is 9.97. The van der Waals surface area contributed by atoms with Gasteiger partial charge in [0.05, 0.1) is 11.2 Å². The Hall–Kier alpha value is -2.68. The van der Waals surface area contributed by atoms with Crippen LogP contribution in [0, 0.1) is 0 Å². The van der Waals surface area contributed by atoms with E-state index < -0.39 is 0 Å². The number of hydrogen-bond donors (Lipinski definition) is 1. The smallest absolute Gasteiger partial charge is 0.256 e. The maximum absolute atomic E-state index is 12.6. The summed E-state index contributed by atoms with van der Waals surface area (Å²) in [5.74, 6) is 0.204. The molecule has 3 heteroatoms. The van der Waals surface area contributed by atoms with Crippen LogP contribution in [0.4, 0.5) is 5.69 Å². The molecule has 0 spiro atoms. The number of anilines is 1. The van der Waals surface area contributed by atoms with E-state index in [9.17, 15) is 4.79 Å². The molecule has 110 valence electrons. The third kappa shape index (κ3) is 2.70. The van der Waals surface area contributed by atoms with Gasteiger partial charge in [-0.15, -0.1) is 0 Å². The van der Waals surface area contributed by atoms with Gasteiger partial charge in [0.15, 0.2) is 0 Å². The summed E-state index contributed by atoms with van der Waals surface area (Å²) in [6.07, 6.45) is 1.74. The fraction of sp³-hybridized carbons (Fsp3) is 0.158. The number of benzene rings is 2. The highest BCUT2D eigenvalue weighted by molar-refractivity contribution is 6.09. The number of nitrogens with one attached hydrogen (secondary N) is 1. The number of aromatic nitrogens is 1. The molecule has 0 radical (unpaired) electrons. The van der Waals surface area contributed by atoms with E-state index in [0.717, 1.165) is 22.2 Å². The number of fused-ring (bicyclic) bond motifs is 1. The summed E-state index contributed by atoms with van der Waals surface area (Å²) >= 11 is 0. The molecule has 0 unspecified atom stereocenters. The Kier molecular flexibility index (Phi) is 3.88. The molecule has 0 saturated carbocycles. The van der Waals surface area contributed by atoms with E-state index in [1.54, 1.807) is 6.20 Å². The molecule has 22 heavy (non-hydrogen) atoms. The average Bonchev–Trinajstić information content (AvgIpc) is 2.55. The van der Waals surface area contributed by atoms with Gasteiger partial charge in [0.2, 0.25) is 0 Å². The number of carbonyl (C=O) groups excluding carboxylic acids is 1. The van der Waals surface area contributed by atoms with Crippen molar-refractivity contribution in [1.29, 1.82) is 0 Å². The highest BCUT2D eigenvalue weighted by Crippen LogP contribution is 2.24. The molecule has 0 aliphatic carbocycles. The number of carbonyl (C=O) groups is 1. The van der Waals surface area contributed by atoms with Gasteiger partial charge in [-0.1, -0.05) is 50.2 Å². The lowest BCUT2D eigenvalue weighted by Crippen LogP contribution is -2.15. The first kappa shape index (κ1) is 14.3. The zero-order valence-corrected chi connectivity index (χ0v) is 12.7. The lowest BCUT2D eigenvalue weighted by molar-refractivity contribution is 0.102. The predicted molar refractivity (Wildman–Crippen MR) is 90.2 cm³/mol. The topological polar surface area (TPSA) is 42.0 Å². The molecule has 1 heterocycles. The van der Waals surface area contributed by atoms with Crippen molar-refractivity contribution in [2.45, 2.75) is 19.8 Å². The number of para-hydroxylation sites is 1. The molecular formula is C19H18N2O. The molecule has 3 nitrogen and oxygen atoms in total. The zero-order valence-electron chi connectivity index (χ0n) is 12.7. The van der Waals surface area contributed by atoms with Crippen LogP contribution in [0.25, 0.3) is 10.9 Å². The van der Waals surface area contributed by atoms with Crippen molar-refractivity contribution in [1.82, 2.24) is 4.98 Å². The Morgan fingerprint density at radius 3 is 2.59 bits per heavy atom. The first-order valence-corrected chi connectivity index (χ1v) is 7.41. The Morgan fingerprint density at radius 2 is 1.77 bits per heavy atom. The number of nitrogens with zero attached hydrogens (tertiary/aromatic N) is 1. The van der Waals surface area contributed by atoms with Gasteiger partial charge in [-0.05, 0) is 29.7 Å². The summed E-state index contributed by atoms with van der Waals surface area (Å²) in [5, 5.41) is 4.01. The monoisotopic (exact) mass is 290 g/mol. The summed E-state index contributed by atoms with van der Waals surface area (Å²) in [6.45, 7) is 4.18.